The second-order valence-electron chi connectivity index (χ2n) is 5.60. The van der Waals surface area contributed by atoms with Crippen LogP contribution in [0.2, 0.25) is 0 Å². The van der Waals surface area contributed by atoms with Crippen LogP contribution in [-0.4, -0.2) is 16.5 Å². The van der Waals surface area contributed by atoms with Crippen LogP contribution in [0, 0.1) is 11.3 Å². The van der Waals surface area contributed by atoms with Crippen molar-refractivity contribution in [3.63, 3.8) is 0 Å². The summed E-state index contributed by atoms with van der Waals surface area (Å²) in [6, 6.07) is 8.03. The first kappa shape index (κ1) is 13.5. The third-order valence-corrected chi connectivity index (χ3v) is 5.36. The van der Waals surface area contributed by atoms with Crippen LogP contribution in [0.1, 0.15) is 43.7 Å². The van der Waals surface area contributed by atoms with Crippen molar-refractivity contribution in [3.05, 3.63) is 29.3 Å². The number of nitriles is 1. The van der Waals surface area contributed by atoms with Crippen LogP contribution >= 0.6 is 11.8 Å². The molecule has 0 atom stereocenters. The Morgan fingerprint density at radius 2 is 2.20 bits per heavy atom. The Balaban J connectivity index is 1.80. The van der Waals surface area contributed by atoms with Gasteiger partial charge in [0.25, 0.3) is 0 Å². The number of thioether (sulfide) groups is 1. The molecule has 1 spiro atoms. The van der Waals surface area contributed by atoms with E-state index in [-0.39, 0.29) is 5.54 Å². The number of benzene rings is 1. The maximum Gasteiger partial charge on any atom is 0.161 e. The number of anilines is 1. The van der Waals surface area contributed by atoms with Gasteiger partial charge in [-0.1, -0.05) is 31.5 Å². The van der Waals surface area contributed by atoms with E-state index >= 15 is 0 Å². The van der Waals surface area contributed by atoms with Gasteiger partial charge in [-0.25, -0.2) is 0 Å². The molecule has 3 nitrogen and oxygen atoms in total. The summed E-state index contributed by atoms with van der Waals surface area (Å²) in [5, 5.41) is 13.5. The highest BCUT2D eigenvalue weighted by atomic mass is 32.2. The molecule has 1 aromatic carbocycles. The molecule has 0 aromatic heterocycles. The van der Waals surface area contributed by atoms with Crippen molar-refractivity contribution in [1.82, 2.24) is 0 Å². The maximum absolute atomic E-state index is 8.97. The summed E-state index contributed by atoms with van der Waals surface area (Å²) in [5.41, 5.74) is 3.21. The number of rotatable bonds is 2. The number of hydrogen-bond acceptors (Lipinski definition) is 4. The van der Waals surface area contributed by atoms with Gasteiger partial charge in [0.1, 0.15) is 0 Å². The fraction of sp³-hybridized carbons (Fsp3) is 0.500. The van der Waals surface area contributed by atoms with E-state index in [4.69, 9.17) is 10.3 Å². The minimum atomic E-state index is 0.214. The quantitative estimate of drug-likeness (QED) is 0.895. The van der Waals surface area contributed by atoms with Crippen LogP contribution in [0.15, 0.2) is 23.2 Å². The maximum atomic E-state index is 8.97. The molecule has 1 aliphatic heterocycles. The van der Waals surface area contributed by atoms with Gasteiger partial charge in [-0.3, -0.25) is 4.99 Å². The molecule has 3 rings (SSSR count). The first-order chi connectivity index (χ1) is 9.74. The van der Waals surface area contributed by atoms with E-state index in [0.29, 0.717) is 0 Å². The number of aryl methyl sites for hydroxylation is 1. The summed E-state index contributed by atoms with van der Waals surface area (Å²) in [4.78, 5) is 4.94. The van der Waals surface area contributed by atoms with Gasteiger partial charge >= 0.3 is 0 Å². The lowest BCUT2D eigenvalue weighted by atomic mass is 10.0. The van der Waals surface area contributed by atoms with Crippen LogP contribution in [0.5, 0.6) is 0 Å². The summed E-state index contributed by atoms with van der Waals surface area (Å²) >= 11 is 1.84. The lowest BCUT2D eigenvalue weighted by molar-refractivity contribution is 0.508. The van der Waals surface area contributed by atoms with Gasteiger partial charge in [-0.15, -0.1) is 0 Å². The fourth-order valence-corrected chi connectivity index (χ4v) is 4.23. The molecule has 1 aromatic rings. The van der Waals surface area contributed by atoms with E-state index in [1.165, 1.54) is 31.2 Å². The van der Waals surface area contributed by atoms with E-state index in [2.05, 4.69) is 18.3 Å². The van der Waals surface area contributed by atoms with Gasteiger partial charge in [-0.05, 0) is 43.0 Å². The molecule has 104 valence electrons. The van der Waals surface area contributed by atoms with E-state index in [1.807, 2.05) is 30.0 Å². The SMILES string of the molecule is CCc1cc(C#N)ccc1NC1=NC2(CCCC2)CS1. The molecule has 0 radical (unpaired) electrons. The smallest absolute Gasteiger partial charge is 0.161 e. The van der Waals surface area contributed by atoms with Gasteiger partial charge in [0, 0.05) is 11.4 Å². The minimum absolute atomic E-state index is 0.214. The Bertz CT molecular complexity index is 580. The molecule has 4 heteroatoms. The zero-order valence-electron chi connectivity index (χ0n) is 11.8. The Kier molecular flexibility index (Phi) is 3.71. The van der Waals surface area contributed by atoms with Crippen LogP contribution in [-0.2, 0) is 6.42 Å². The number of hydrogen-bond donors (Lipinski definition) is 1. The van der Waals surface area contributed by atoms with Crippen LogP contribution < -0.4 is 5.32 Å². The minimum Gasteiger partial charge on any atom is -0.335 e. The van der Waals surface area contributed by atoms with Gasteiger partial charge in [0.2, 0.25) is 0 Å². The highest BCUT2D eigenvalue weighted by Crippen LogP contribution is 2.41. The lowest BCUT2D eigenvalue weighted by Gasteiger charge is -2.16. The first-order valence-corrected chi connectivity index (χ1v) is 8.26. The summed E-state index contributed by atoms with van der Waals surface area (Å²) in [5.74, 6) is 1.12. The Labute approximate surface area is 124 Å². The van der Waals surface area contributed by atoms with Crippen molar-refractivity contribution < 1.29 is 0 Å². The van der Waals surface area contributed by atoms with Crippen LogP contribution in [0.3, 0.4) is 0 Å². The number of aliphatic imine (C=N–C) groups is 1. The zero-order valence-corrected chi connectivity index (χ0v) is 12.6. The number of amidine groups is 1. The number of nitrogens with one attached hydrogen (secondary N) is 1. The van der Waals surface area contributed by atoms with Gasteiger partial charge in [0.05, 0.1) is 17.2 Å². The Morgan fingerprint density at radius 3 is 2.90 bits per heavy atom. The first-order valence-electron chi connectivity index (χ1n) is 7.27. The van der Waals surface area contributed by atoms with Gasteiger partial charge in [-0.2, -0.15) is 5.26 Å². The molecule has 2 aliphatic rings. The molecule has 0 unspecified atom stereocenters. The summed E-state index contributed by atoms with van der Waals surface area (Å²) in [6.07, 6.45) is 6.02. The van der Waals surface area contributed by atoms with E-state index < -0.39 is 0 Å². The van der Waals surface area contributed by atoms with E-state index in [0.717, 1.165) is 28.6 Å². The lowest BCUT2D eigenvalue weighted by Crippen LogP contribution is -2.21. The molecule has 0 saturated heterocycles. The normalized spacial score (nSPS) is 19.9. The highest BCUT2D eigenvalue weighted by molar-refractivity contribution is 8.14. The van der Waals surface area contributed by atoms with Crippen molar-refractivity contribution in [2.45, 2.75) is 44.6 Å². The van der Waals surface area contributed by atoms with Crippen molar-refractivity contribution in [2.75, 3.05) is 11.1 Å². The molecule has 0 bridgehead atoms. The van der Waals surface area contributed by atoms with E-state index in [9.17, 15) is 0 Å². The topological polar surface area (TPSA) is 48.2 Å². The Hall–Kier alpha value is -1.47. The highest BCUT2D eigenvalue weighted by Gasteiger charge is 2.38. The van der Waals surface area contributed by atoms with Crippen molar-refractivity contribution in [3.8, 4) is 6.07 Å². The monoisotopic (exact) mass is 285 g/mol. The molecular weight excluding hydrogens is 266 g/mol. The van der Waals surface area contributed by atoms with Gasteiger partial charge < -0.3 is 5.32 Å². The molecule has 0 amide bonds. The molecule has 1 heterocycles. The molecule has 1 N–H and O–H groups in total. The molecule has 1 saturated carbocycles. The Morgan fingerprint density at radius 1 is 1.40 bits per heavy atom. The summed E-state index contributed by atoms with van der Waals surface area (Å²) in [6.45, 7) is 2.11. The summed E-state index contributed by atoms with van der Waals surface area (Å²) < 4.78 is 0. The standard InChI is InChI=1S/C16H19N3S/c1-2-13-9-12(10-17)5-6-14(13)18-15-19-16(11-20-15)7-3-4-8-16/h5-6,9H,2-4,7-8,11H2,1H3,(H,18,19). The third kappa shape index (κ3) is 2.55. The number of nitrogens with zero attached hydrogens (tertiary/aromatic N) is 2. The molecule has 1 fully saturated rings. The van der Waals surface area contributed by atoms with Crippen molar-refractivity contribution >= 4 is 22.6 Å². The van der Waals surface area contributed by atoms with E-state index in [1.54, 1.807) is 0 Å². The predicted molar refractivity (Wildman–Crippen MR) is 85.2 cm³/mol. The molecular formula is C16H19N3S. The summed E-state index contributed by atoms with van der Waals surface area (Å²) in [7, 11) is 0. The van der Waals surface area contributed by atoms with Gasteiger partial charge in [0.15, 0.2) is 5.17 Å². The fourth-order valence-electron chi connectivity index (χ4n) is 3.03. The zero-order chi connectivity index (χ0) is 14.0. The largest absolute Gasteiger partial charge is 0.335 e. The second kappa shape index (κ2) is 5.49. The van der Waals surface area contributed by atoms with Crippen molar-refractivity contribution in [2.24, 2.45) is 4.99 Å². The molecule has 1 aliphatic carbocycles. The van der Waals surface area contributed by atoms with Crippen LogP contribution in [0.4, 0.5) is 5.69 Å². The molecule has 20 heavy (non-hydrogen) atoms. The predicted octanol–water partition coefficient (Wildman–Crippen LogP) is 3.95. The second-order valence-corrected chi connectivity index (χ2v) is 6.56. The third-order valence-electron chi connectivity index (χ3n) is 4.21. The van der Waals surface area contributed by atoms with Crippen molar-refractivity contribution in [1.29, 1.82) is 5.26 Å². The van der Waals surface area contributed by atoms with Crippen LogP contribution in [0.25, 0.3) is 0 Å². The average molecular weight is 285 g/mol. The average Bonchev–Trinajstić information content (AvgIpc) is 3.10.